The van der Waals surface area contributed by atoms with Gasteiger partial charge in [-0.25, -0.2) is 0 Å². The number of amides is 1. The maximum absolute atomic E-state index is 12.6. The third-order valence-corrected chi connectivity index (χ3v) is 4.53. The zero-order chi connectivity index (χ0) is 15.9. The first kappa shape index (κ1) is 20.2. The minimum absolute atomic E-state index is 0. The number of methoxy groups -OCH3 is 1. The Hall–Kier alpha value is -0.820. The molecule has 0 unspecified atom stereocenters. The van der Waals surface area contributed by atoms with Crippen molar-refractivity contribution in [3.05, 3.63) is 28.2 Å². The molecule has 1 saturated heterocycles. The molecule has 0 bridgehead atoms. The highest BCUT2D eigenvalue weighted by atomic mass is 79.9. The van der Waals surface area contributed by atoms with Crippen LogP contribution in [0.15, 0.2) is 22.7 Å². The highest BCUT2D eigenvalue weighted by Crippen LogP contribution is 2.25. The number of nitrogens with zero attached hydrogens (tertiary/aromatic N) is 1. The Morgan fingerprint density at radius 2 is 2.09 bits per heavy atom. The molecule has 130 valence electrons. The van der Waals surface area contributed by atoms with Gasteiger partial charge in [0.1, 0.15) is 5.75 Å². The molecule has 1 aliphatic heterocycles. The summed E-state index contributed by atoms with van der Waals surface area (Å²) in [5.41, 5.74) is 6.10. The second kappa shape index (κ2) is 10.1. The molecular formula is C16H24BrClN2O3. The zero-order valence-electron chi connectivity index (χ0n) is 13.3. The van der Waals surface area contributed by atoms with Crippen LogP contribution in [0.2, 0.25) is 0 Å². The number of likely N-dealkylation sites (tertiary alicyclic amines) is 1. The van der Waals surface area contributed by atoms with E-state index in [2.05, 4.69) is 15.9 Å². The Balaban J connectivity index is 0.00000264. The number of nitrogens with two attached hydrogens (primary N) is 1. The summed E-state index contributed by atoms with van der Waals surface area (Å²) in [7, 11) is 1.60. The van der Waals surface area contributed by atoms with Crippen molar-refractivity contribution in [3.8, 4) is 5.75 Å². The van der Waals surface area contributed by atoms with Crippen molar-refractivity contribution < 1.29 is 14.3 Å². The van der Waals surface area contributed by atoms with Gasteiger partial charge in [0.2, 0.25) is 0 Å². The topological polar surface area (TPSA) is 64.8 Å². The van der Waals surface area contributed by atoms with E-state index >= 15 is 0 Å². The molecule has 1 aliphatic rings. The number of hydrogen-bond donors (Lipinski definition) is 1. The van der Waals surface area contributed by atoms with Crippen molar-refractivity contribution in [2.75, 3.05) is 33.4 Å². The molecule has 0 spiro atoms. The van der Waals surface area contributed by atoms with Crippen LogP contribution in [0.3, 0.4) is 0 Å². The lowest BCUT2D eigenvalue weighted by molar-refractivity contribution is 0.00841. The Bertz CT molecular complexity index is 508. The SMILES string of the molecule is COc1ccc(Br)c(C(=O)N2CCC(OCCCN)CC2)c1.Cl. The van der Waals surface area contributed by atoms with Crippen molar-refractivity contribution >= 4 is 34.2 Å². The molecule has 0 aromatic heterocycles. The molecule has 0 atom stereocenters. The van der Waals surface area contributed by atoms with Gasteiger partial charge in [0.25, 0.3) is 5.91 Å². The summed E-state index contributed by atoms with van der Waals surface area (Å²) < 4.78 is 11.8. The monoisotopic (exact) mass is 406 g/mol. The predicted molar refractivity (Wildman–Crippen MR) is 96.5 cm³/mol. The molecule has 23 heavy (non-hydrogen) atoms. The first-order valence-electron chi connectivity index (χ1n) is 7.60. The summed E-state index contributed by atoms with van der Waals surface area (Å²) in [6, 6.07) is 5.45. The molecule has 2 rings (SSSR count). The van der Waals surface area contributed by atoms with E-state index in [9.17, 15) is 4.79 Å². The Kier molecular flexibility index (Phi) is 8.91. The van der Waals surface area contributed by atoms with Gasteiger partial charge in [0.05, 0.1) is 18.8 Å². The number of rotatable bonds is 6. The second-order valence-corrected chi connectivity index (χ2v) is 6.20. The van der Waals surface area contributed by atoms with Crippen LogP contribution in [0.4, 0.5) is 0 Å². The van der Waals surface area contributed by atoms with Gasteiger partial charge in [-0.2, -0.15) is 0 Å². The van der Waals surface area contributed by atoms with Gasteiger partial charge < -0.3 is 20.1 Å². The largest absolute Gasteiger partial charge is 0.497 e. The fraction of sp³-hybridized carbons (Fsp3) is 0.562. The fourth-order valence-electron chi connectivity index (χ4n) is 2.52. The maximum atomic E-state index is 12.6. The molecule has 1 aromatic rings. The van der Waals surface area contributed by atoms with Crippen LogP contribution in [0.5, 0.6) is 5.75 Å². The van der Waals surface area contributed by atoms with E-state index in [0.29, 0.717) is 24.5 Å². The normalized spacial score (nSPS) is 15.2. The van der Waals surface area contributed by atoms with Crippen molar-refractivity contribution in [2.24, 2.45) is 5.73 Å². The molecule has 7 heteroatoms. The molecule has 2 N–H and O–H groups in total. The second-order valence-electron chi connectivity index (χ2n) is 5.35. The number of carbonyl (C=O) groups is 1. The van der Waals surface area contributed by atoms with Gasteiger partial charge in [-0.05, 0) is 59.9 Å². The molecule has 0 saturated carbocycles. The standard InChI is InChI=1S/C16H23BrN2O3.ClH/c1-21-13-3-4-15(17)14(11-13)16(20)19-8-5-12(6-9-19)22-10-2-7-18;/h3-4,11-12H,2,5-10,18H2,1H3;1H. The van der Waals surface area contributed by atoms with E-state index in [1.54, 1.807) is 13.2 Å². The van der Waals surface area contributed by atoms with E-state index in [1.807, 2.05) is 17.0 Å². The summed E-state index contributed by atoms with van der Waals surface area (Å²) in [5, 5.41) is 0. The number of piperidine rings is 1. The third kappa shape index (κ3) is 5.64. The number of benzene rings is 1. The summed E-state index contributed by atoms with van der Waals surface area (Å²) >= 11 is 3.44. The summed E-state index contributed by atoms with van der Waals surface area (Å²) in [5.74, 6) is 0.720. The van der Waals surface area contributed by atoms with E-state index in [1.165, 1.54) is 0 Å². The van der Waals surface area contributed by atoms with Gasteiger partial charge in [-0.3, -0.25) is 4.79 Å². The molecule has 1 fully saturated rings. The average Bonchev–Trinajstić information content (AvgIpc) is 2.55. The quantitative estimate of drug-likeness (QED) is 0.737. The first-order chi connectivity index (χ1) is 10.7. The van der Waals surface area contributed by atoms with Crippen LogP contribution < -0.4 is 10.5 Å². The molecule has 1 heterocycles. The summed E-state index contributed by atoms with van der Waals surface area (Å²) in [6.07, 6.45) is 2.87. The predicted octanol–water partition coefficient (Wildman–Crippen LogP) is 2.85. The maximum Gasteiger partial charge on any atom is 0.255 e. The van der Waals surface area contributed by atoms with E-state index in [-0.39, 0.29) is 24.4 Å². The Labute approximate surface area is 152 Å². The molecule has 0 radical (unpaired) electrons. The number of halogens is 2. The lowest BCUT2D eigenvalue weighted by Crippen LogP contribution is -2.41. The number of hydrogen-bond acceptors (Lipinski definition) is 4. The molecular weight excluding hydrogens is 384 g/mol. The first-order valence-corrected chi connectivity index (χ1v) is 8.39. The van der Waals surface area contributed by atoms with E-state index in [0.717, 1.165) is 36.8 Å². The lowest BCUT2D eigenvalue weighted by Gasteiger charge is -2.32. The van der Waals surface area contributed by atoms with E-state index in [4.69, 9.17) is 15.2 Å². The molecule has 1 amide bonds. The van der Waals surface area contributed by atoms with Crippen LogP contribution in [0.25, 0.3) is 0 Å². The molecule has 0 aliphatic carbocycles. The Morgan fingerprint density at radius 3 is 2.70 bits per heavy atom. The van der Waals surface area contributed by atoms with Crippen molar-refractivity contribution in [1.29, 1.82) is 0 Å². The number of carbonyl (C=O) groups excluding carboxylic acids is 1. The van der Waals surface area contributed by atoms with Crippen LogP contribution in [0.1, 0.15) is 29.6 Å². The Morgan fingerprint density at radius 1 is 1.39 bits per heavy atom. The highest BCUT2D eigenvalue weighted by molar-refractivity contribution is 9.10. The molecule has 1 aromatic carbocycles. The lowest BCUT2D eigenvalue weighted by atomic mass is 10.1. The summed E-state index contributed by atoms with van der Waals surface area (Å²) in [6.45, 7) is 2.79. The van der Waals surface area contributed by atoms with Crippen LogP contribution >= 0.6 is 28.3 Å². The smallest absolute Gasteiger partial charge is 0.255 e. The minimum atomic E-state index is 0. The van der Waals surface area contributed by atoms with Crippen molar-refractivity contribution in [1.82, 2.24) is 4.90 Å². The minimum Gasteiger partial charge on any atom is -0.497 e. The van der Waals surface area contributed by atoms with Gasteiger partial charge >= 0.3 is 0 Å². The van der Waals surface area contributed by atoms with E-state index < -0.39 is 0 Å². The van der Waals surface area contributed by atoms with Gasteiger partial charge in [0, 0.05) is 24.2 Å². The van der Waals surface area contributed by atoms with Crippen molar-refractivity contribution in [3.63, 3.8) is 0 Å². The van der Waals surface area contributed by atoms with Gasteiger partial charge in [-0.15, -0.1) is 12.4 Å². The van der Waals surface area contributed by atoms with Crippen LogP contribution in [-0.4, -0.2) is 50.3 Å². The fourth-order valence-corrected chi connectivity index (χ4v) is 2.94. The van der Waals surface area contributed by atoms with Crippen LogP contribution in [-0.2, 0) is 4.74 Å². The molecule has 5 nitrogen and oxygen atoms in total. The van der Waals surface area contributed by atoms with Gasteiger partial charge in [0.15, 0.2) is 0 Å². The van der Waals surface area contributed by atoms with Crippen LogP contribution in [0, 0.1) is 0 Å². The average molecular weight is 408 g/mol. The third-order valence-electron chi connectivity index (χ3n) is 3.84. The zero-order valence-corrected chi connectivity index (χ0v) is 15.7. The van der Waals surface area contributed by atoms with Gasteiger partial charge in [-0.1, -0.05) is 0 Å². The van der Waals surface area contributed by atoms with Crippen molar-refractivity contribution in [2.45, 2.75) is 25.4 Å². The number of ether oxygens (including phenoxy) is 2. The highest BCUT2D eigenvalue weighted by Gasteiger charge is 2.25. The summed E-state index contributed by atoms with van der Waals surface area (Å²) in [4.78, 5) is 14.5.